The largest absolute Gasteiger partial charge is 0.502 e. The van der Waals surface area contributed by atoms with Gasteiger partial charge in [-0.2, -0.15) is 0 Å². The lowest BCUT2D eigenvalue weighted by molar-refractivity contribution is -0.137. The summed E-state index contributed by atoms with van der Waals surface area (Å²) >= 11 is 0. The van der Waals surface area contributed by atoms with Crippen LogP contribution in [0, 0.1) is 0 Å². The highest BCUT2D eigenvalue weighted by molar-refractivity contribution is 5.97. The predicted molar refractivity (Wildman–Crippen MR) is 141 cm³/mol. The number of rotatable bonds is 14. The van der Waals surface area contributed by atoms with Gasteiger partial charge in [-0.25, -0.2) is 0 Å². The summed E-state index contributed by atoms with van der Waals surface area (Å²) in [6.45, 7) is -1.19. The van der Waals surface area contributed by atoms with Gasteiger partial charge in [0.15, 0.2) is 11.5 Å². The number of nitrogens with one attached hydrogen (secondary N) is 2. The number of aliphatic hydroxyl groups is 1. The Balaban J connectivity index is 1.64. The van der Waals surface area contributed by atoms with Crippen LogP contribution in [0.15, 0.2) is 57.7 Å². The SMILES string of the molecule is O=C(O)CCC(=O)c1ccc(CCc2c(CO)oc(CNc3ccc(C(=O)NCC(=O)O)cc3)c(O)c2=O)cc1. The van der Waals surface area contributed by atoms with E-state index in [1.165, 1.54) is 12.1 Å². The lowest BCUT2D eigenvalue weighted by Crippen LogP contribution is -2.29. The molecular weight excluding hydrogens is 524 g/mol. The summed E-state index contributed by atoms with van der Waals surface area (Å²) < 4.78 is 5.62. The topological polar surface area (TPSA) is 203 Å². The molecule has 0 saturated carbocycles. The minimum Gasteiger partial charge on any atom is -0.502 e. The van der Waals surface area contributed by atoms with E-state index >= 15 is 0 Å². The fourth-order valence-corrected chi connectivity index (χ4v) is 3.83. The van der Waals surface area contributed by atoms with Crippen LogP contribution >= 0.6 is 0 Å². The molecule has 0 aliphatic carbocycles. The van der Waals surface area contributed by atoms with Crippen molar-refractivity contribution in [2.45, 2.75) is 38.8 Å². The smallest absolute Gasteiger partial charge is 0.322 e. The standard InChI is InChI=1S/C28H28N2O10/c31-15-23-20(10-3-16-1-4-17(5-2-16)21(32)11-12-24(33)34)26(37)27(38)22(40-23)13-29-19-8-6-18(7-9-19)28(39)30-14-25(35)36/h1-2,4-9,29,31,38H,3,10-15H2,(H,30,39)(H,33,34)(H,35,36). The minimum atomic E-state index is -1.17. The van der Waals surface area contributed by atoms with Crippen LogP contribution in [0.3, 0.4) is 0 Å². The van der Waals surface area contributed by atoms with Crippen LogP contribution < -0.4 is 16.1 Å². The second-order valence-corrected chi connectivity index (χ2v) is 8.78. The van der Waals surface area contributed by atoms with Crippen LogP contribution in [0.2, 0.25) is 0 Å². The fourth-order valence-electron chi connectivity index (χ4n) is 3.83. The highest BCUT2D eigenvalue weighted by Gasteiger charge is 2.19. The Bertz CT molecular complexity index is 1440. The molecule has 40 heavy (non-hydrogen) atoms. The Morgan fingerprint density at radius 1 is 0.800 bits per heavy atom. The van der Waals surface area contributed by atoms with E-state index < -0.39 is 42.2 Å². The summed E-state index contributed by atoms with van der Waals surface area (Å²) in [5, 5.41) is 42.8. The molecular formula is C28H28N2O10. The summed E-state index contributed by atoms with van der Waals surface area (Å²) in [5.41, 5.74) is 1.36. The molecule has 3 aromatic rings. The Morgan fingerprint density at radius 2 is 1.45 bits per heavy atom. The number of aryl methyl sites for hydroxylation is 1. The van der Waals surface area contributed by atoms with E-state index in [1.807, 2.05) is 0 Å². The molecule has 1 amide bonds. The third-order valence-corrected chi connectivity index (χ3v) is 5.99. The first kappa shape index (κ1) is 29.6. The van der Waals surface area contributed by atoms with Crippen molar-refractivity contribution in [1.82, 2.24) is 5.32 Å². The van der Waals surface area contributed by atoms with E-state index in [0.717, 1.165) is 5.56 Å². The summed E-state index contributed by atoms with van der Waals surface area (Å²) in [6, 6.07) is 12.6. The molecule has 0 radical (unpaired) electrons. The number of carboxylic acid groups (broad SMARTS) is 2. The monoisotopic (exact) mass is 552 g/mol. The van der Waals surface area contributed by atoms with Crippen molar-refractivity contribution in [3.63, 3.8) is 0 Å². The van der Waals surface area contributed by atoms with Crippen LogP contribution in [-0.2, 0) is 35.6 Å². The number of amides is 1. The number of carbonyl (C=O) groups is 4. The van der Waals surface area contributed by atoms with Gasteiger partial charge in [0.05, 0.1) is 13.0 Å². The second-order valence-electron chi connectivity index (χ2n) is 8.78. The number of ketones is 1. The maximum absolute atomic E-state index is 12.9. The van der Waals surface area contributed by atoms with E-state index in [4.69, 9.17) is 14.6 Å². The molecule has 0 fully saturated rings. The molecule has 1 aromatic heterocycles. The molecule has 12 heteroatoms. The zero-order valence-electron chi connectivity index (χ0n) is 21.3. The van der Waals surface area contributed by atoms with Crippen molar-refractivity contribution < 1.29 is 44.0 Å². The second kappa shape index (κ2) is 13.7. The Labute approximate surface area is 227 Å². The quantitative estimate of drug-likeness (QED) is 0.160. The molecule has 12 nitrogen and oxygen atoms in total. The number of aliphatic carboxylic acids is 2. The Morgan fingerprint density at radius 3 is 2.05 bits per heavy atom. The zero-order chi connectivity index (χ0) is 29.2. The molecule has 3 rings (SSSR count). The lowest BCUT2D eigenvalue weighted by Gasteiger charge is -2.12. The van der Waals surface area contributed by atoms with Gasteiger partial charge in [-0.05, 0) is 42.7 Å². The first-order valence-electron chi connectivity index (χ1n) is 12.2. The number of anilines is 1. The van der Waals surface area contributed by atoms with Crippen molar-refractivity contribution in [3.8, 4) is 5.75 Å². The molecule has 0 unspecified atom stereocenters. The van der Waals surface area contributed by atoms with Crippen molar-refractivity contribution in [3.05, 3.63) is 92.5 Å². The molecule has 0 atom stereocenters. The van der Waals surface area contributed by atoms with E-state index in [0.29, 0.717) is 17.7 Å². The summed E-state index contributed by atoms with van der Waals surface area (Å²) in [7, 11) is 0. The molecule has 0 aliphatic heterocycles. The predicted octanol–water partition coefficient (Wildman–Crippen LogP) is 2.10. The number of carbonyl (C=O) groups excluding carboxylic acids is 2. The lowest BCUT2D eigenvalue weighted by atomic mass is 10.00. The van der Waals surface area contributed by atoms with Crippen molar-refractivity contribution in [1.29, 1.82) is 0 Å². The molecule has 2 aromatic carbocycles. The highest BCUT2D eigenvalue weighted by atomic mass is 16.4. The van der Waals surface area contributed by atoms with Gasteiger partial charge >= 0.3 is 11.9 Å². The summed E-state index contributed by atoms with van der Waals surface area (Å²) in [6.07, 6.45) is 0.144. The van der Waals surface area contributed by atoms with Gasteiger partial charge in [-0.1, -0.05) is 24.3 Å². The zero-order valence-corrected chi connectivity index (χ0v) is 21.3. The normalized spacial score (nSPS) is 10.6. The van der Waals surface area contributed by atoms with Gasteiger partial charge in [0.25, 0.3) is 5.91 Å². The molecule has 210 valence electrons. The van der Waals surface area contributed by atoms with Crippen LogP contribution in [0.5, 0.6) is 5.75 Å². The number of Topliss-reactive ketones (excluding diaryl/α,β-unsaturated/α-hetero) is 1. The number of aliphatic hydroxyl groups excluding tert-OH is 1. The van der Waals surface area contributed by atoms with E-state index in [2.05, 4.69) is 10.6 Å². The van der Waals surface area contributed by atoms with Gasteiger partial charge in [0.2, 0.25) is 11.2 Å². The number of aromatic hydroxyl groups is 1. The van der Waals surface area contributed by atoms with E-state index in [-0.39, 0.29) is 54.2 Å². The Hall–Kier alpha value is -4.97. The summed E-state index contributed by atoms with van der Waals surface area (Å²) in [4.78, 5) is 58.1. The van der Waals surface area contributed by atoms with Crippen molar-refractivity contribution in [2.24, 2.45) is 0 Å². The summed E-state index contributed by atoms with van der Waals surface area (Å²) in [5.74, 6) is -3.76. The van der Waals surface area contributed by atoms with Crippen LogP contribution in [0.1, 0.15) is 56.2 Å². The average Bonchev–Trinajstić information content (AvgIpc) is 2.95. The number of carboxylic acids is 2. The molecule has 1 heterocycles. The first-order chi connectivity index (χ1) is 19.1. The Kier molecular flexibility index (Phi) is 10.1. The van der Waals surface area contributed by atoms with E-state index in [1.54, 1.807) is 36.4 Å². The molecule has 0 aliphatic rings. The van der Waals surface area contributed by atoms with Gasteiger partial charge in [0, 0.05) is 28.8 Å². The highest BCUT2D eigenvalue weighted by Crippen LogP contribution is 2.21. The molecule has 0 saturated heterocycles. The van der Waals surface area contributed by atoms with E-state index in [9.17, 15) is 34.2 Å². The third kappa shape index (κ3) is 8.01. The van der Waals surface area contributed by atoms with Gasteiger partial charge in [0.1, 0.15) is 18.9 Å². The van der Waals surface area contributed by atoms with Crippen LogP contribution in [0.25, 0.3) is 0 Å². The number of hydrogen-bond donors (Lipinski definition) is 6. The number of hydrogen-bond acceptors (Lipinski definition) is 9. The molecule has 0 spiro atoms. The third-order valence-electron chi connectivity index (χ3n) is 5.99. The van der Waals surface area contributed by atoms with Gasteiger partial charge < -0.3 is 35.5 Å². The maximum atomic E-state index is 12.9. The maximum Gasteiger partial charge on any atom is 0.322 e. The molecule has 6 N–H and O–H groups in total. The first-order valence-corrected chi connectivity index (χ1v) is 12.2. The van der Waals surface area contributed by atoms with Crippen molar-refractivity contribution >= 4 is 29.3 Å². The van der Waals surface area contributed by atoms with Crippen molar-refractivity contribution in [2.75, 3.05) is 11.9 Å². The van der Waals surface area contributed by atoms with Gasteiger partial charge in [-0.3, -0.25) is 24.0 Å². The van der Waals surface area contributed by atoms with Crippen LogP contribution in [0.4, 0.5) is 5.69 Å². The number of benzene rings is 2. The molecule has 0 bridgehead atoms. The fraction of sp³-hybridized carbons (Fsp3) is 0.250. The minimum absolute atomic E-state index is 0.00511. The average molecular weight is 553 g/mol. The van der Waals surface area contributed by atoms with Crippen LogP contribution in [-0.4, -0.2) is 50.6 Å². The van der Waals surface area contributed by atoms with Gasteiger partial charge in [-0.15, -0.1) is 0 Å².